The molecule has 21 heavy (non-hydrogen) atoms. The third-order valence-corrected chi connectivity index (χ3v) is 3.12. The summed E-state index contributed by atoms with van der Waals surface area (Å²) in [6, 6.07) is 6.75. The highest BCUT2D eigenvalue weighted by atomic mass is 35.5. The maximum atomic E-state index is 11.5. The highest BCUT2D eigenvalue weighted by molar-refractivity contribution is 6.30. The molecule has 0 atom stereocenters. The Morgan fingerprint density at radius 1 is 1.33 bits per heavy atom. The molecule has 0 saturated carbocycles. The fourth-order valence-electron chi connectivity index (χ4n) is 1.77. The van der Waals surface area contributed by atoms with Crippen LogP contribution in [0.15, 0.2) is 35.4 Å². The number of ether oxygens (including phenoxy) is 1. The van der Waals surface area contributed by atoms with Crippen molar-refractivity contribution < 1.29 is 14.6 Å². The molecule has 7 heteroatoms. The molecule has 0 unspecified atom stereocenters. The van der Waals surface area contributed by atoms with Crippen molar-refractivity contribution in [3.63, 3.8) is 0 Å². The number of aromatic nitrogens is 2. The minimum absolute atomic E-state index is 0.0268. The smallest absolute Gasteiger partial charge is 0.307 e. The van der Waals surface area contributed by atoms with E-state index in [-0.39, 0.29) is 23.7 Å². The van der Waals surface area contributed by atoms with Crippen molar-refractivity contribution in [2.24, 2.45) is 0 Å². The van der Waals surface area contributed by atoms with E-state index in [1.807, 2.05) is 0 Å². The molecule has 0 aliphatic rings. The third-order valence-electron chi connectivity index (χ3n) is 2.80. The van der Waals surface area contributed by atoms with Gasteiger partial charge in [0, 0.05) is 6.42 Å². The summed E-state index contributed by atoms with van der Waals surface area (Å²) in [6.45, 7) is 0.271. The van der Waals surface area contributed by atoms with Crippen LogP contribution < -0.4 is 10.3 Å². The first-order chi connectivity index (χ1) is 10.1. The van der Waals surface area contributed by atoms with Crippen LogP contribution in [-0.4, -0.2) is 27.7 Å². The van der Waals surface area contributed by atoms with Crippen LogP contribution in [0.25, 0.3) is 0 Å². The van der Waals surface area contributed by atoms with Gasteiger partial charge in [-0.3, -0.25) is 9.59 Å². The lowest BCUT2D eigenvalue weighted by Gasteiger charge is -2.07. The molecule has 0 amide bonds. The number of carboxylic acids is 1. The first-order valence-corrected chi connectivity index (χ1v) is 6.59. The molecule has 2 rings (SSSR count). The molecule has 1 aromatic heterocycles. The number of carbonyl (C=O) groups is 1. The zero-order valence-corrected chi connectivity index (χ0v) is 11.8. The van der Waals surface area contributed by atoms with Crippen LogP contribution in [0, 0.1) is 0 Å². The number of aliphatic carboxylic acids is 1. The fraction of sp³-hybridized carbons (Fsp3) is 0.214. The lowest BCUT2D eigenvalue weighted by Crippen LogP contribution is -2.16. The molecule has 1 heterocycles. The predicted molar refractivity (Wildman–Crippen MR) is 76.8 cm³/mol. The van der Waals surface area contributed by atoms with E-state index in [1.54, 1.807) is 24.3 Å². The van der Waals surface area contributed by atoms with Gasteiger partial charge in [0.15, 0.2) is 0 Å². The van der Waals surface area contributed by atoms with Crippen LogP contribution in [0.4, 0.5) is 0 Å². The molecule has 0 fully saturated rings. The summed E-state index contributed by atoms with van der Waals surface area (Å²) in [5.41, 5.74) is 0.790. The number of carboxylic acid groups (broad SMARTS) is 1. The number of aromatic amines is 1. The molecule has 2 aromatic rings. The minimum Gasteiger partial charge on any atom is -0.493 e. The molecule has 0 radical (unpaired) electrons. The monoisotopic (exact) mass is 308 g/mol. The van der Waals surface area contributed by atoms with Gasteiger partial charge in [-0.25, -0.2) is 4.98 Å². The van der Waals surface area contributed by atoms with Crippen LogP contribution in [0.1, 0.15) is 11.1 Å². The van der Waals surface area contributed by atoms with Crippen LogP contribution in [-0.2, 0) is 17.6 Å². The van der Waals surface area contributed by atoms with E-state index in [2.05, 4.69) is 9.97 Å². The normalized spacial score (nSPS) is 10.3. The number of halogens is 1. The van der Waals surface area contributed by atoms with Crippen molar-refractivity contribution in [3.8, 4) is 5.75 Å². The van der Waals surface area contributed by atoms with Gasteiger partial charge in [0.25, 0.3) is 5.56 Å². The molecular formula is C14H13ClN2O4. The number of hydrogen-bond donors (Lipinski definition) is 2. The molecular weight excluding hydrogens is 296 g/mol. The molecule has 6 nitrogen and oxygen atoms in total. The van der Waals surface area contributed by atoms with E-state index in [4.69, 9.17) is 21.4 Å². The topological polar surface area (TPSA) is 92.3 Å². The summed E-state index contributed by atoms with van der Waals surface area (Å²) in [4.78, 5) is 28.4. The van der Waals surface area contributed by atoms with Gasteiger partial charge in [-0.2, -0.15) is 0 Å². The van der Waals surface area contributed by atoms with Gasteiger partial charge in [-0.15, -0.1) is 0 Å². The number of hydrogen-bond acceptors (Lipinski definition) is 4. The van der Waals surface area contributed by atoms with Crippen molar-refractivity contribution in [1.82, 2.24) is 9.97 Å². The molecule has 1 aromatic carbocycles. The highest BCUT2D eigenvalue weighted by Gasteiger charge is 2.07. The second-order valence-electron chi connectivity index (χ2n) is 4.31. The zero-order chi connectivity index (χ0) is 15.2. The number of nitrogens with zero attached hydrogens (tertiary/aromatic N) is 1. The van der Waals surface area contributed by atoms with Gasteiger partial charge in [-0.1, -0.05) is 23.7 Å². The van der Waals surface area contributed by atoms with Crippen molar-refractivity contribution in [1.29, 1.82) is 0 Å². The Kier molecular flexibility index (Phi) is 4.94. The SMILES string of the molecule is O=C(O)Cc1ccc(OCCc2c(Cl)nc[nH]c2=O)cc1. The number of rotatable bonds is 6. The van der Waals surface area contributed by atoms with E-state index >= 15 is 0 Å². The van der Waals surface area contributed by atoms with Gasteiger partial charge in [0.2, 0.25) is 0 Å². The van der Waals surface area contributed by atoms with Gasteiger partial charge in [0.1, 0.15) is 10.9 Å². The van der Waals surface area contributed by atoms with Crippen LogP contribution >= 0.6 is 11.6 Å². The second-order valence-corrected chi connectivity index (χ2v) is 4.67. The van der Waals surface area contributed by atoms with Crippen LogP contribution in [0.5, 0.6) is 5.75 Å². The second kappa shape index (κ2) is 6.90. The molecule has 110 valence electrons. The lowest BCUT2D eigenvalue weighted by molar-refractivity contribution is -0.136. The Hall–Kier alpha value is -2.34. The maximum Gasteiger partial charge on any atom is 0.307 e. The van der Waals surface area contributed by atoms with Crippen LogP contribution in [0.3, 0.4) is 0 Å². The number of nitrogens with one attached hydrogen (secondary N) is 1. The molecule has 0 aliphatic heterocycles. The average Bonchev–Trinajstić information content (AvgIpc) is 2.43. The van der Waals surface area contributed by atoms with E-state index in [0.29, 0.717) is 23.3 Å². The standard InChI is InChI=1S/C14H13ClN2O4/c15-13-11(14(20)17-8-16-13)5-6-21-10-3-1-9(2-4-10)7-12(18)19/h1-4,8H,5-7H2,(H,18,19)(H,16,17,20). The average molecular weight is 309 g/mol. The summed E-state index contributed by atoms with van der Waals surface area (Å²) in [7, 11) is 0. The Balaban J connectivity index is 1.92. The molecule has 0 bridgehead atoms. The number of H-pyrrole nitrogens is 1. The largest absolute Gasteiger partial charge is 0.493 e. The molecule has 2 N–H and O–H groups in total. The molecule has 0 saturated heterocycles. The van der Waals surface area contributed by atoms with Gasteiger partial charge in [-0.05, 0) is 17.7 Å². The van der Waals surface area contributed by atoms with Gasteiger partial charge in [0.05, 0.1) is 24.9 Å². The Bertz CT molecular complexity index is 682. The summed E-state index contributed by atoms with van der Waals surface area (Å²) >= 11 is 5.84. The first kappa shape index (κ1) is 15.1. The van der Waals surface area contributed by atoms with Crippen molar-refractivity contribution in [3.05, 3.63) is 57.2 Å². The minimum atomic E-state index is -0.880. The quantitative estimate of drug-likeness (QED) is 0.792. The van der Waals surface area contributed by atoms with Crippen molar-refractivity contribution in [2.45, 2.75) is 12.8 Å². The van der Waals surface area contributed by atoms with E-state index in [9.17, 15) is 9.59 Å². The first-order valence-electron chi connectivity index (χ1n) is 6.22. The van der Waals surface area contributed by atoms with E-state index in [0.717, 1.165) is 0 Å². The van der Waals surface area contributed by atoms with Crippen molar-refractivity contribution >= 4 is 17.6 Å². The summed E-state index contributed by atoms with van der Waals surface area (Å²) in [5, 5.41) is 8.84. The Labute approximate surface area is 125 Å². The van der Waals surface area contributed by atoms with Gasteiger partial charge >= 0.3 is 5.97 Å². The summed E-state index contributed by atoms with van der Waals surface area (Å²) < 4.78 is 5.49. The molecule has 0 spiro atoms. The van der Waals surface area contributed by atoms with E-state index in [1.165, 1.54) is 6.33 Å². The highest BCUT2D eigenvalue weighted by Crippen LogP contribution is 2.14. The predicted octanol–water partition coefficient (Wildman–Crippen LogP) is 1.67. The zero-order valence-electron chi connectivity index (χ0n) is 11.0. The number of benzene rings is 1. The fourth-order valence-corrected chi connectivity index (χ4v) is 2.00. The Morgan fingerprint density at radius 3 is 2.67 bits per heavy atom. The van der Waals surface area contributed by atoms with Gasteiger partial charge < -0.3 is 14.8 Å². The Morgan fingerprint density at radius 2 is 2.05 bits per heavy atom. The maximum absolute atomic E-state index is 11.5. The van der Waals surface area contributed by atoms with E-state index < -0.39 is 5.97 Å². The third kappa shape index (κ3) is 4.32. The van der Waals surface area contributed by atoms with Crippen molar-refractivity contribution in [2.75, 3.05) is 6.61 Å². The lowest BCUT2D eigenvalue weighted by atomic mass is 10.1. The summed E-state index contributed by atoms with van der Waals surface area (Å²) in [6.07, 6.45) is 1.55. The van der Waals surface area contributed by atoms with Crippen LogP contribution in [0.2, 0.25) is 5.15 Å². The summed E-state index contributed by atoms with van der Waals surface area (Å²) in [5.74, 6) is -0.283. The molecule has 0 aliphatic carbocycles.